The Morgan fingerprint density at radius 1 is 1.00 bits per heavy atom. The van der Waals surface area contributed by atoms with Gasteiger partial charge >= 0.3 is 5.97 Å². The second-order valence-electron chi connectivity index (χ2n) is 5.45. The zero-order chi connectivity index (χ0) is 17.5. The number of aliphatic hydroxyl groups is 3. The predicted octanol–water partition coefficient (Wildman–Crippen LogP) is 2.45. The Kier molecular flexibility index (Phi) is 6.81. The number of rotatable bonds is 8. The number of thioether (sulfide) groups is 1. The zero-order valence-electron chi connectivity index (χ0n) is 13.0. The van der Waals surface area contributed by atoms with Crippen molar-refractivity contribution in [2.24, 2.45) is 0 Å². The fraction of sp³-hybridized carbons (Fsp3) is 0.278. The molecule has 0 fully saturated rings. The van der Waals surface area contributed by atoms with Crippen LogP contribution in [0.5, 0.6) is 0 Å². The van der Waals surface area contributed by atoms with E-state index in [-0.39, 0.29) is 18.6 Å². The van der Waals surface area contributed by atoms with Crippen LogP contribution in [0.2, 0.25) is 0 Å². The number of benzene rings is 2. The van der Waals surface area contributed by atoms with E-state index in [9.17, 15) is 15.0 Å². The molecule has 0 unspecified atom stereocenters. The molecule has 0 heterocycles. The monoisotopic (exact) mass is 348 g/mol. The Morgan fingerprint density at radius 3 is 2.17 bits per heavy atom. The topological polar surface area (TPSA) is 98.0 Å². The van der Waals surface area contributed by atoms with Gasteiger partial charge in [0.25, 0.3) is 0 Å². The molecule has 0 spiro atoms. The minimum Gasteiger partial charge on any atom is -0.478 e. The third kappa shape index (κ3) is 5.35. The molecule has 0 amide bonds. The Morgan fingerprint density at radius 2 is 1.62 bits per heavy atom. The largest absolute Gasteiger partial charge is 0.478 e. The lowest BCUT2D eigenvalue weighted by atomic mass is 10.0. The molecule has 2 rings (SSSR count). The van der Waals surface area contributed by atoms with Gasteiger partial charge in [-0.05, 0) is 35.4 Å². The van der Waals surface area contributed by atoms with Crippen molar-refractivity contribution in [3.05, 3.63) is 65.2 Å². The molecule has 0 saturated carbocycles. The van der Waals surface area contributed by atoms with Crippen LogP contribution in [-0.2, 0) is 6.61 Å². The number of carboxylic acid groups (broad SMARTS) is 1. The minimum absolute atomic E-state index is 0.0453. The zero-order valence-corrected chi connectivity index (χ0v) is 13.8. The Balaban J connectivity index is 1.83. The van der Waals surface area contributed by atoms with Crippen LogP contribution in [-0.4, -0.2) is 38.3 Å². The van der Waals surface area contributed by atoms with Gasteiger partial charge in [-0.15, -0.1) is 11.8 Å². The third-order valence-electron chi connectivity index (χ3n) is 3.59. The number of hydrogen-bond donors (Lipinski definition) is 4. The van der Waals surface area contributed by atoms with E-state index in [0.717, 1.165) is 10.5 Å². The van der Waals surface area contributed by atoms with E-state index in [2.05, 4.69) is 0 Å². The van der Waals surface area contributed by atoms with Crippen LogP contribution in [0.1, 0.15) is 34.0 Å². The second-order valence-corrected chi connectivity index (χ2v) is 6.54. The van der Waals surface area contributed by atoms with Crippen LogP contribution in [0, 0.1) is 0 Å². The first-order valence-electron chi connectivity index (χ1n) is 7.51. The summed E-state index contributed by atoms with van der Waals surface area (Å²) in [4.78, 5) is 11.6. The molecule has 0 saturated heterocycles. The highest BCUT2D eigenvalue weighted by Gasteiger charge is 2.14. The maximum absolute atomic E-state index is 10.8. The highest BCUT2D eigenvalue weighted by molar-refractivity contribution is 7.99. The quantitative estimate of drug-likeness (QED) is 0.547. The first-order chi connectivity index (χ1) is 11.5. The standard InChI is InChI=1S/C18H20O5S/c19-10-12-1-3-13(4-2-12)17(21)9-15(20)11-24-16-7-5-14(6-8-16)18(22)23/h1-8,15,17,19-21H,9-11H2,(H,22,23)/t15-,17+/m0/s1. The molecule has 0 radical (unpaired) electrons. The van der Waals surface area contributed by atoms with Gasteiger partial charge in [0.05, 0.1) is 24.4 Å². The number of carboxylic acids is 1. The van der Waals surface area contributed by atoms with E-state index in [1.165, 1.54) is 23.9 Å². The van der Waals surface area contributed by atoms with Crippen molar-refractivity contribution in [3.8, 4) is 0 Å². The summed E-state index contributed by atoms with van der Waals surface area (Å²) in [7, 11) is 0. The van der Waals surface area contributed by atoms with Gasteiger partial charge in [0.15, 0.2) is 0 Å². The SMILES string of the molecule is O=C(O)c1ccc(SC[C@@H](O)C[C@@H](O)c2ccc(CO)cc2)cc1. The van der Waals surface area contributed by atoms with E-state index in [4.69, 9.17) is 10.2 Å². The fourth-order valence-electron chi connectivity index (χ4n) is 2.19. The Hall–Kier alpha value is -1.86. The molecule has 5 nitrogen and oxygen atoms in total. The molecule has 4 N–H and O–H groups in total. The summed E-state index contributed by atoms with van der Waals surface area (Å²) in [6, 6.07) is 13.4. The van der Waals surface area contributed by atoms with Crippen molar-refractivity contribution in [1.29, 1.82) is 0 Å². The van der Waals surface area contributed by atoms with Gasteiger partial charge in [-0.25, -0.2) is 4.79 Å². The highest BCUT2D eigenvalue weighted by atomic mass is 32.2. The van der Waals surface area contributed by atoms with Gasteiger partial charge in [0.2, 0.25) is 0 Å². The van der Waals surface area contributed by atoms with Gasteiger partial charge < -0.3 is 20.4 Å². The lowest BCUT2D eigenvalue weighted by Crippen LogP contribution is -2.15. The van der Waals surface area contributed by atoms with Gasteiger partial charge in [0.1, 0.15) is 0 Å². The molecule has 0 aliphatic carbocycles. The summed E-state index contributed by atoms with van der Waals surface area (Å²) in [5.41, 5.74) is 1.69. The predicted molar refractivity (Wildman–Crippen MR) is 92.1 cm³/mol. The highest BCUT2D eigenvalue weighted by Crippen LogP contribution is 2.24. The maximum Gasteiger partial charge on any atom is 0.335 e. The molecule has 0 bridgehead atoms. The number of hydrogen-bond acceptors (Lipinski definition) is 5. The summed E-state index contributed by atoms with van der Waals surface area (Å²) in [5, 5.41) is 38.1. The Bertz CT molecular complexity index is 654. The van der Waals surface area contributed by atoms with Crippen LogP contribution in [0.25, 0.3) is 0 Å². The molecular weight excluding hydrogens is 328 g/mol. The Labute approximate surface area is 144 Å². The van der Waals surface area contributed by atoms with Gasteiger partial charge in [0, 0.05) is 17.1 Å². The van der Waals surface area contributed by atoms with E-state index in [1.807, 2.05) is 0 Å². The average molecular weight is 348 g/mol. The van der Waals surface area contributed by atoms with Crippen LogP contribution in [0.3, 0.4) is 0 Å². The number of aromatic carboxylic acids is 1. The van der Waals surface area contributed by atoms with E-state index in [1.54, 1.807) is 36.4 Å². The molecule has 2 atom stereocenters. The van der Waals surface area contributed by atoms with Gasteiger partial charge in [-0.1, -0.05) is 24.3 Å². The summed E-state index contributed by atoms with van der Waals surface area (Å²) >= 11 is 1.41. The van der Waals surface area contributed by atoms with Crippen molar-refractivity contribution in [3.63, 3.8) is 0 Å². The van der Waals surface area contributed by atoms with Crippen molar-refractivity contribution in [2.45, 2.75) is 30.1 Å². The molecule has 2 aromatic rings. The maximum atomic E-state index is 10.8. The molecule has 6 heteroatoms. The molecule has 2 aromatic carbocycles. The van der Waals surface area contributed by atoms with E-state index in [0.29, 0.717) is 11.3 Å². The van der Waals surface area contributed by atoms with Crippen molar-refractivity contribution in [1.82, 2.24) is 0 Å². The molecule has 24 heavy (non-hydrogen) atoms. The lowest BCUT2D eigenvalue weighted by molar-refractivity contribution is 0.0696. The normalized spacial score (nSPS) is 13.5. The number of carbonyl (C=O) groups is 1. The summed E-state index contributed by atoms with van der Waals surface area (Å²) < 4.78 is 0. The minimum atomic E-state index is -0.970. The van der Waals surface area contributed by atoms with Crippen LogP contribution in [0.15, 0.2) is 53.4 Å². The summed E-state index contributed by atoms with van der Waals surface area (Å²) in [6.45, 7) is -0.0453. The third-order valence-corrected chi connectivity index (χ3v) is 4.74. The molecule has 128 valence electrons. The van der Waals surface area contributed by atoms with Gasteiger partial charge in [-0.2, -0.15) is 0 Å². The smallest absolute Gasteiger partial charge is 0.335 e. The molecule has 0 aliphatic heterocycles. The summed E-state index contributed by atoms with van der Waals surface area (Å²) in [5.74, 6) is -0.569. The molecule has 0 aromatic heterocycles. The fourth-order valence-corrected chi connectivity index (χ4v) is 3.04. The van der Waals surface area contributed by atoms with Crippen LogP contribution in [0.4, 0.5) is 0 Å². The van der Waals surface area contributed by atoms with E-state index >= 15 is 0 Å². The summed E-state index contributed by atoms with van der Waals surface area (Å²) in [6.07, 6.45) is -1.26. The molecule has 0 aliphatic rings. The van der Waals surface area contributed by atoms with Crippen molar-refractivity contribution < 1.29 is 25.2 Å². The average Bonchev–Trinajstić information content (AvgIpc) is 2.60. The lowest BCUT2D eigenvalue weighted by Gasteiger charge is -2.16. The first kappa shape index (κ1) is 18.5. The van der Waals surface area contributed by atoms with Crippen LogP contribution < -0.4 is 0 Å². The number of aliphatic hydroxyl groups excluding tert-OH is 3. The second kappa shape index (κ2) is 8.84. The molecular formula is C18H20O5S. The van der Waals surface area contributed by atoms with Crippen molar-refractivity contribution >= 4 is 17.7 Å². The van der Waals surface area contributed by atoms with Crippen LogP contribution >= 0.6 is 11.8 Å². The van der Waals surface area contributed by atoms with E-state index < -0.39 is 18.2 Å². The first-order valence-corrected chi connectivity index (χ1v) is 8.50. The van der Waals surface area contributed by atoms with Gasteiger partial charge in [-0.3, -0.25) is 0 Å². The van der Waals surface area contributed by atoms with Crippen molar-refractivity contribution in [2.75, 3.05) is 5.75 Å².